The first-order valence-corrected chi connectivity index (χ1v) is 10.6. The Balaban J connectivity index is 0.00000171. The number of hydrogen-bond acceptors (Lipinski definition) is 4. The highest BCUT2D eigenvalue weighted by molar-refractivity contribution is 5.86. The molecule has 170 valence electrons. The summed E-state index contributed by atoms with van der Waals surface area (Å²) in [5.74, 6) is -0.226. The number of carbonyl (C=O) groups excluding carboxylic acids is 1. The van der Waals surface area contributed by atoms with Crippen molar-refractivity contribution in [2.75, 3.05) is 26.2 Å². The summed E-state index contributed by atoms with van der Waals surface area (Å²) in [6.07, 6.45) is 1.90. The van der Waals surface area contributed by atoms with Crippen molar-refractivity contribution in [2.24, 2.45) is 11.7 Å². The molecule has 3 aliphatic heterocycles. The smallest absolute Gasteiger partial charge is 0.348 e. The average Bonchev–Trinajstić information content (AvgIpc) is 2.74. The molecule has 3 N–H and O–H groups in total. The van der Waals surface area contributed by atoms with Gasteiger partial charge in [-0.05, 0) is 18.1 Å². The van der Waals surface area contributed by atoms with E-state index in [4.69, 9.17) is 10.5 Å². The van der Waals surface area contributed by atoms with Gasteiger partial charge in [-0.1, -0.05) is 60.7 Å². The minimum atomic E-state index is -1.82. The van der Waals surface area contributed by atoms with E-state index in [1.54, 1.807) is 24.3 Å². The molecule has 0 aliphatic carbocycles. The Kier molecular flexibility index (Phi) is 8.54. The van der Waals surface area contributed by atoms with E-state index < -0.39 is 11.6 Å². The lowest BCUT2D eigenvalue weighted by atomic mass is 9.82. The van der Waals surface area contributed by atoms with Gasteiger partial charge in [0.15, 0.2) is 6.10 Å². The highest BCUT2D eigenvalue weighted by Crippen LogP contribution is 2.38. The van der Waals surface area contributed by atoms with Crippen molar-refractivity contribution < 1.29 is 31.5 Å². The molecule has 5 rings (SSSR count). The quantitative estimate of drug-likeness (QED) is 0.458. The van der Waals surface area contributed by atoms with E-state index in [1.807, 2.05) is 43.3 Å². The van der Waals surface area contributed by atoms with Crippen LogP contribution in [0.25, 0.3) is 0 Å². The fraction of sp³-hybridized carbons (Fsp3) is 0.458. The molecular weight excluding hydrogens is 435 g/mol. The summed E-state index contributed by atoms with van der Waals surface area (Å²) in [7, 11) is 0. The van der Waals surface area contributed by atoms with E-state index in [1.165, 1.54) is 0 Å². The fourth-order valence-corrected chi connectivity index (χ4v) is 5.21. The minimum Gasteiger partial charge on any atom is -1.00 e. The Labute approximate surface area is 197 Å². The zero-order valence-corrected chi connectivity index (χ0v) is 19.4. The molecule has 2 bridgehead atoms. The number of esters is 1. The second kappa shape index (κ2) is 10.3. The SMILES string of the molecule is CC(N)C[N+]12CCC(CC1)[C@@H](OC(=O)C(O)(c1ccccc1)c1ccccc1)C2.Cl.[Cl-]. The third kappa shape index (κ3) is 5.07. The van der Waals surface area contributed by atoms with E-state index in [9.17, 15) is 9.90 Å². The molecule has 2 aromatic rings. The van der Waals surface area contributed by atoms with E-state index in [2.05, 4.69) is 0 Å². The van der Waals surface area contributed by atoms with Crippen molar-refractivity contribution in [3.8, 4) is 0 Å². The number of nitrogens with two attached hydrogens (primary N) is 1. The first kappa shape index (κ1) is 25.6. The van der Waals surface area contributed by atoms with Crippen LogP contribution in [-0.2, 0) is 15.1 Å². The summed E-state index contributed by atoms with van der Waals surface area (Å²) in [5.41, 5.74) is 5.34. The van der Waals surface area contributed by atoms with Gasteiger partial charge < -0.3 is 32.5 Å². The summed E-state index contributed by atoms with van der Waals surface area (Å²) in [6, 6.07) is 18.3. The van der Waals surface area contributed by atoms with Gasteiger partial charge in [-0.15, -0.1) is 12.4 Å². The third-order valence-corrected chi connectivity index (χ3v) is 6.65. The van der Waals surface area contributed by atoms with Crippen molar-refractivity contribution in [2.45, 2.75) is 37.5 Å². The zero-order valence-electron chi connectivity index (χ0n) is 17.8. The molecule has 0 spiro atoms. The van der Waals surface area contributed by atoms with Crippen LogP contribution in [0.5, 0.6) is 0 Å². The molecular formula is C24H32Cl2N2O3. The van der Waals surface area contributed by atoms with E-state index in [-0.39, 0.29) is 37.0 Å². The molecule has 3 fully saturated rings. The second-order valence-corrected chi connectivity index (χ2v) is 8.85. The molecule has 1 unspecified atom stereocenters. The van der Waals surface area contributed by atoms with Crippen LogP contribution in [0.4, 0.5) is 0 Å². The van der Waals surface area contributed by atoms with Crippen LogP contribution < -0.4 is 18.1 Å². The topological polar surface area (TPSA) is 72.5 Å². The van der Waals surface area contributed by atoms with Crippen molar-refractivity contribution in [3.63, 3.8) is 0 Å². The monoisotopic (exact) mass is 466 g/mol. The van der Waals surface area contributed by atoms with Crippen LogP contribution in [0.2, 0.25) is 0 Å². The van der Waals surface area contributed by atoms with E-state index in [0.717, 1.165) is 43.5 Å². The van der Waals surface area contributed by atoms with Crippen LogP contribution in [0.3, 0.4) is 0 Å². The number of piperidine rings is 3. The Morgan fingerprint density at radius 2 is 1.58 bits per heavy atom. The van der Waals surface area contributed by atoms with Gasteiger partial charge in [-0.2, -0.15) is 0 Å². The van der Waals surface area contributed by atoms with Gasteiger partial charge in [0, 0.05) is 18.8 Å². The highest BCUT2D eigenvalue weighted by atomic mass is 35.5. The first-order valence-electron chi connectivity index (χ1n) is 10.6. The third-order valence-electron chi connectivity index (χ3n) is 6.65. The molecule has 31 heavy (non-hydrogen) atoms. The lowest BCUT2D eigenvalue weighted by Gasteiger charge is -2.52. The Morgan fingerprint density at radius 1 is 1.10 bits per heavy atom. The predicted molar refractivity (Wildman–Crippen MR) is 119 cm³/mol. The van der Waals surface area contributed by atoms with Gasteiger partial charge in [0.05, 0.1) is 25.7 Å². The maximum Gasteiger partial charge on any atom is 0.348 e. The standard InChI is InChI=1S/C24H31N2O3.2ClH/c1-18(25)16-26-14-12-19(13-15-26)22(17-26)29-23(27)24(28,20-8-4-2-5-9-20)21-10-6-3-7-11-21;;/h2-11,18-19,22,28H,12-17,25H2,1H3;2*1H/q+1;;/p-1/t18?,19?,22-,26?;;/m0../s1. The minimum absolute atomic E-state index is 0. The zero-order chi connectivity index (χ0) is 20.5. The molecule has 5 nitrogen and oxygen atoms in total. The molecule has 3 aliphatic rings. The number of carbonyl (C=O) groups is 1. The number of nitrogens with zero attached hydrogens (tertiary/aromatic N) is 1. The Morgan fingerprint density at radius 3 is 2.03 bits per heavy atom. The van der Waals surface area contributed by atoms with Crippen LogP contribution in [-0.4, -0.2) is 53.9 Å². The van der Waals surface area contributed by atoms with E-state index in [0.29, 0.717) is 17.0 Å². The van der Waals surface area contributed by atoms with Crippen molar-refractivity contribution in [3.05, 3.63) is 71.8 Å². The number of ether oxygens (including phenoxy) is 1. The summed E-state index contributed by atoms with van der Waals surface area (Å²) < 4.78 is 6.98. The number of benzene rings is 2. The van der Waals surface area contributed by atoms with Gasteiger partial charge >= 0.3 is 5.97 Å². The highest BCUT2D eigenvalue weighted by Gasteiger charge is 2.50. The second-order valence-electron chi connectivity index (χ2n) is 8.85. The number of hydrogen-bond donors (Lipinski definition) is 2. The molecule has 2 aromatic carbocycles. The number of aliphatic hydroxyl groups is 1. The number of halogens is 2. The Hall–Kier alpha value is -1.63. The molecule has 0 radical (unpaired) electrons. The summed E-state index contributed by atoms with van der Waals surface area (Å²) in [5, 5.41) is 11.6. The van der Waals surface area contributed by atoms with Crippen LogP contribution in [0.1, 0.15) is 30.9 Å². The Bertz CT molecular complexity index is 801. The van der Waals surface area contributed by atoms with Crippen LogP contribution in [0.15, 0.2) is 60.7 Å². The molecule has 3 saturated heterocycles. The first-order chi connectivity index (χ1) is 13.9. The fourth-order valence-electron chi connectivity index (χ4n) is 5.21. The van der Waals surface area contributed by atoms with Crippen LogP contribution in [0, 0.1) is 5.92 Å². The summed E-state index contributed by atoms with van der Waals surface area (Å²) in [4.78, 5) is 13.4. The van der Waals surface area contributed by atoms with Crippen LogP contribution >= 0.6 is 12.4 Å². The van der Waals surface area contributed by atoms with Crippen molar-refractivity contribution in [1.29, 1.82) is 0 Å². The molecule has 0 aromatic heterocycles. The average molecular weight is 467 g/mol. The van der Waals surface area contributed by atoms with E-state index >= 15 is 0 Å². The predicted octanol–water partition coefficient (Wildman–Crippen LogP) is -0.152. The molecule has 3 heterocycles. The largest absolute Gasteiger partial charge is 1.00 e. The number of fused-ring (bicyclic) bond motifs is 3. The molecule has 0 saturated carbocycles. The molecule has 2 atom stereocenters. The number of quaternary nitrogens is 1. The maximum absolute atomic E-state index is 13.4. The molecule has 7 heteroatoms. The normalized spacial score (nSPS) is 25.6. The van der Waals surface area contributed by atoms with Gasteiger partial charge in [0.25, 0.3) is 0 Å². The van der Waals surface area contributed by atoms with Crippen molar-refractivity contribution in [1.82, 2.24) is 0 Å². The van der Waals surface area contributed by atoms with Gasteiger partial charge in [-0.3, -0.25) is 0 Å². The molecule has 0 amide bonds. The summed E-state index contributed by atoms with van der Waals surface area (Å²) >= 11 is 0. The van der Waals surface area contributed by atoms with Crippen molar-refractivity contribution >= 4 is 18.4 Å². The van der Waals surface area contributed by atoms with Gasteiger partial charge in [0.1, 0.15) is 6.54 Å². The van der Waals surface area contributed by atoms with Gasteiger partial charge in [0.2, 0.25) is 5.60 Å². The summed E-state index contributed by atoms with van der Waals surface area (Å²) in [6.45, 7) is 5.93. The maximum atomic E-state index is 13.4. The lowest BCUT2D eigenvalue weighted by Crippen LogP contribution is -3.00. The number of rotatable bonds is 6. The van der Waals surface area contributed by atoms with Gasteiger partial charge in [-0.25, -0.2) is 4.79 Å². The lowest BCUT2D eigenvalue weighted by molar-refractivity contribution is -0.946.